The number of fused-ring (bicyclic) bond motifs is 7. The van der Waals surface area contributed by atoms with E-state index < -0.39 is 0 Å². The van der Waals surface area contributed by atoms with Crippen LogP contribution in [0.25, 0.3) is 38.5 Å². The van der Waals surface area contributed by atoms with Gasteiger partial charge in [-0.15, -0.1) is 0 Å². The van der Waals surface area contributed by atoms with Crippen molar-refractivity contribution in [2.45, 2.75) is 6.54 Å². The zero-order chi connectivity index (χ0) is 19.7. The topological polar surface area (TPSA) is 32.0 Å². The number of hydrogen-bond acceptors (Lipinski definition) is 2. The standard InChI is InChI=1S/C26H17N3O/c1-4-10-22-19(7-1)20-8-2-5-11-23(20)29(22)18-14-13-17-16-28-24-12-6-3-9-21(24)27-26(28)30-25(17)15-18/h1-15H,16H2. The monoisotopic (exact) mass is 387 g/mol. The van der Waals surface area contributed by atoms with Gasteiger partial charge in [-0.05, 0) is 30.3 Å². The maximum atomic E-state index is 6.26. The fraction of sp³-hybridized carbons (Fsp3) is 0.0385. The quantitative estimate of drug-likeness (QED) is 0.332. The van der Waals surface area contributed by atoms with E-state index in [2.05, 4.69) is 86.9 Å². The summed E-state index contributed by atoms with van der Waals surface area (Å²) in [4.78, 5) is 4.68. The van der Waals surface area contributed by atoms with Crippen LogP contribution in [0.5, 0.6) is 11.8 Å². The second-order valence-corrected chi connectivity index (χ2v) is 7.73. The van der Waals surface area contributed by atoms with Crippen LogP contribution in [0.1, 0.15) is 5.56 Å². The van der Waals surface area contributed by atoms with Crippen molar-refractivity contribution in [3.63, 3.8) is 0 Å². The summed E-state index contributed by atoms with van der Waals surface area (Å²) in [5.41, 5.74) is 6.71. The first-order valence-electron chi connectivity index (χ1n) is 10.1. The summed E-state index contributed by atoms with van der Waals surface area (Å²) in [5.74, 6) is 0.872. The number of nitrogens with zero attached hydrogens (tertiary/aromatic N) is 3. The van der Waals surface area contributed by atoms with Gasteiger partial charge in [0.25, 0.3) is 0 Å². The summed E-state index contributed by atoms with van der Waals surface area (Å²) < 4.78 is 10.7. The molecule has 0 unspecified atom stereocenters. The SMILES string of the molecule is c1ccc2c(c1)nc1n2Cc2ccc(-n3c4ccccc4c4ccccc43)cc2O1. The molecule has 3 heterocycles. The van der Waals surface area contributed by atoms with Gasteiger partial charge < -0.3 is 9.30 Å². The molecular formula is C26H17N3O. The normalized spacial score (nSPS) is 12.8. The highest BCUT2D eigenvalue weighted by Crippen LogP contribution is 2.38. The molecular weight excluding hydrogens is 370 g/mol. The summed E-state index contributed by atoms with van der Waals surface area (Å²) in [6.45, 7) is 0.763. The largest absolute Gasteiger partial charge is 0.425 e. The summed E-state index contributed by atoms with van der Waals surface area (Å²) in [6.07, 6.45) is 0. The molecule has 0 aliphatic carbocycles. The molecule has 0 spiro atoms. The highest BCUT2D eigenvalue weighted by molar-refractivity contribution is 6.09. The molecule has 1 aliphatic heterocycles. The summed E-state index contributed by atoms with van der Waals surface area (Å²) in [6, 6.07) is 32.4. The first-order chi connectivity index (χ1) is 14.9. The van der Waals surface area contributed by atoms with E-state index in [0.29, 0.717) is 6.01 Å². The fourth-order valence-corrected chi connectivity index (χ4v) is 4.66. The van der Waals surface area contributed by atoms with Crippen LogP contribution in [0, 0.1) is 0 Å². The Hall–Kier alpha value is -4.05. The molecule has 4 aromatic carbocycles. The number of ether oxygens (including phenoxy) is 1. The van der Waals surface area contributed by atoms with Gasteiger partial charge in [0.15, 0.2) is 0 Å². The van der Waals surface area contributed by atoms with Crippen LogP contribution in [-0.4, -0.2) is 14.1 Å². The third kappa shape index (κ3) is 2.08. The predicted octanol–water partition coefficient (Wildman–Crippen LogP) is 6.29. The van der Waals surface area contributed by atoms with Crippen LogP contribution in [-0.2, 0) is 6.54 Å². The average molecular weight is 387 g/mol. The fourth-order valence-electron chi connectivity index (χ4n) is 4.66. The molecule has 0 radical (unpaired) electrons. The number of hydrogen-bond donors (Lipinski definition) is 0. The highest BCUT2D eigenvalue weighted by atomic mass is 16.5. The molecule has 1 aliphatic rings. The molecule has 0 fully saturated rings. The molecule has 2 aromatic heterocycles. The Labute approximate surface area is 172 Å². The van der Waals surface area contributed by atoms with Gasteiger partial charge in [-0.2, -0.15) is 4.98 Å². The van der Waals surface area contributed by atoms with Crippen molar-refractivity contribution in [3.05, 3.63) is 96.6 Å². The molecule has 4 nitrogen and oxygen atoms in total. The van der Waals surface area contributed by atoms with Gasteiger partial charge in [-0.1, -0.05) is 54.6 Å². The van der Waals surface area contributed by atoms with E-state index in [4.69, 9.17) is 4.74 Å². The molecule has 142 valence electrons. The Morgan fingerprint density at radius 1 is 0.700 bits per heavy atom. The van der Waals surface area contributed by atoms with E-state index in [1.807, 2.05) is 18.2 Å². The zero-order valence-electron chi connectivity index (χ0n) is 16.1. The van der Waals surface area contributed by atoms with E-state index >= 15 is 0 Å². The van der Waals surface area contributed by atoms with Crippen LogP contribution in [0.2, 0.25) is 0 Å². The van der Waals surface area contributed by atoms with Crippen LogP contribution in [0.4, 0.5) is 0 Å². The molecule has 0 atom stereocenters. The Bertz CT molecular complexity index is 1550. The van der Waals surface area contributed by atoms with Gasteiger partial charge in [-0.3, -0.25) is 4.57 Å². The summed E-state index contributed by atoms with van der Waals surface area (Å²) >= 11 is 0. The van der Waals surface area contributed by atoms with Crippen molar-refractivity contribution in [1.29, 1.82) is 0 Å². The molecule has 0 saturated carbocycles. The van der Waals surface area contributed by atoms with Crippen LogP contribution in [0.3, 0.4) is 0 Å². The molecule has 0 bridgehead atoms. The van der Waals surface area contributed by atoms with Crippen molar-refractivity contribution in [2.75, 3.05) is 0 Å². The number of aromatic nitrogens is 3. The van der Waals surface area contributed by atoms with Gasteiger partial charge in [0, 0.05) is 28.1 Å². The van der Waals surface area contributed by atoms with E-state index in [-0.39, 0.29) is 0 Å². The van der Waals surface area contributed by atoms with Gasteiger partial charge in [0.2, 0.25) is 0 Å². The summed E-state index contributed by atoms with van der Waals surface area (Å²) in [7, 11) is 0. The van der Waals surface area contributed by atoms with Crippen molar-refractivity contribution >= 4 is 32.8 Å². The highest BCUT2D eigenvalue weighted by Gasteiger charge is 2.22. The first kappa shape index (κ1) is 15.8. The number of benzene rings is 4. The Kier molecular flexibility index (Phi) is 3.03. The van der Waals surface area contributed by atoms with Crippen molar-refractivity contribution in [2.24, 2.45) is 0 Å². The van der Waals surface area contributed by atoms with Crippen LogP contribution in [0.15, 0.2) is 91.0 Å². The Morgan fingerprint density at radius 2 is 1.37 bits per heavy atom. The molecule has 4 heteroatoms. The van der Waals surface area contributed by atoms with E-state index in [9.17, 15) is 0 Å². The van der Waals surface area contributed by atoms with Gasteiger partial charge >= 0.3 is 6.01 Å². The van der Waals surface area contributed by atoms with Crippen molar-refractivity contribution in [1.82, 2.24) is 14.1 Å². The minimum Gasteiger partial charge on any atom is -0.425 e. The summed E-state index contributed by atoms with van der Waals surface area (Å²) in [5, 5.41) is 2.52. The van der Waals surface area contributed by atoms with Gasteiger partial charge in [0.05, 0.1) is 28.6 Å². The predicted molar refractivity (Wildman–Crippen MR) is 120 cm³/mol. The first-order valence-corrected chi connectivity index (χ1v) is 10.1. The lowest BCUT2D eigenvalue weighted by atomic mass is 10.1. The van der Waals surface area contributed by atoms with Gasteiger partial charge in [-0.25, -0.2) is 0 Å². The van der Waals surface area contributed by atoms with Crippen molar-refractivity contribution in [3.8, 4) is 17.4 Å². The molecule has 0 N–H and O–H groups in total. The third-order valence-corrected chi connectivity index (χ3v) is 6.04. The van der Waals surface area contributed by atoms with Crippen molar-refractivity contribution < 1.29 is 4.74 Å². The maximum Gasteiger partial charge on any atom is 0.303 e. The lowest BCUT2D eigenvalue weighted by Gasteiger charge is -2.20. The van der Waals surface area contributed by atoms with E-state index in [1.54, 1.807) is 0 Å². The Morgan fingerprint density at radius 3 is 2.13 bits per heavy atom. The molecule has 0 amide bonds. The average Bonchev–Trinajstić information content (AvgIpc) is 3.32. The molecule has 7 rings (SSSR count). The van der Waals surface area contributed by atoms with E-state index in [0.717, 1.165) is 34.6 Å². The second-order valence-electron chi connectivity index (χ2n) is 7.73. The van der Waals surface area contributed by atoms with Gasteiger partial charge in [0.1, 0.15) is 5.75 Å². The second kappa shape index (κ2) is 5.74. The number of imidazole rings is 1. The third-order valence-electron chi connectivity index (χ3n) is 6.04. The lowest BCUT2D eigenvalue weighted by Crippen LogP contribution is -2.10. The maximum absolute atomic E-state index is 6.26. The van der Waals surface area contributed by atoms with Crippen LogP contribution < -0.4 is 4.74 Å². The number of para-hydroxylation sites is 4. The minimum absolute atomic E-state index is 0.656. The number of rotatable bonds is 1. The van der Waals surface area contributed by atoms with Crippen LogP contribution >= 0.6 is 0 Å². The van der Waals surface area contributed by atoms with E-state index in [1.165, 1.54) is 21.8 Å². The zero-order valence-corrected chi connectivity index (χ0v) is 16.1. The molecule has 30 heavy (non-hydrogen) atoms. The Balaban J connectivity index is 1.43. The lowest BCUT2D eigenvalue weighted by molar-refractivity contribution is 0.393. The molecule has 6 aromatic rings. The minimum atomic E-state index is 0.656. The smallest absolute Gasteiger partial charge is 0.303 e. The molecule has 0 saturated heterocycles.